The van der Waals surface area contributed by atoms with E-state index in [1.807, 2.05) is 0 Å². The third-order valence-electron chi connectivity index (χ3n) is 3.49. The van der Waals surface area contributed by atoms with E-state index in [1.54, 1.807) is 17.5 Å². The predicted molar refractivity (Wildman–Crippen MR) is 83.0 cm³/mol. The largest absolute Gasteiger partial charge is 0.505 e. The summed E-state index contributed by atoms with van der Waals surface area (Å²) >= 11 is 1.23. The summed E-state index contributed by atoms with van der Waals surface area (Å²) in [4.78, 5) is 28.6. The first-order chi connectivity index (χ1) is 10.9. The molecule has 1 aromatic rings. The lowest BCUT2D eigenvalue weighted by Gasteiger charge is -2.17. The molecule has 2 heterocycles. The average molecular weight is 333 g/mol. The van der Waals surface area contributed by atoms with E-state index in [2.05, 4.69) is 4.99 Å². The van der Waals surface area contributed by atoms with Gasteiger partial charge >= 0.3 is 5.97 Å². The second kappa shape index (κ2) is 5.58. The molecular formula is C16H12FNO4S. The Morgan fingerprint density at radius 2 is 2.17 bits per heavy atom. The van der Waals surface area contributed by atoms with Crippen molar-refractivity contribution in [1.29, 1.82) is 0 Å². The van der Waals surface area contributed by atoms with Crippen molar-refractivity contribution in [2.45, 2.75) is 20.3 Å². The molecule has 23 heavy (non-hydrogen) atoms. The van der Waals surface area contributed by atoms with Gasteiger partial charge in [-0.05, 0) is 18.4 Å². The molecule has 0 saturated carbocycles. The van der Waals surface area contributed by atoms with Crippen molar-refractivity contribution in [1.82, 2.24) is 0 Å². The Morgan fingerprint density at radius 3 is 2.78 bits per heavy atom. The zero-order valence-electron chi connectivity index (χ0n) is 12.3. The first-order valence-corrected chi connectivity index (χ1v) is 7.66. The first-order valence-electron chi connectivity index (χ1n) is 6.78. The van der Waals surface area contributed by atoms with Crippen LogP contribution in [0.5, 0.6) is 0 Å². The fourth-order valence-corrected chi connectivity index (χ4v) is 3.14. The normalized spacial score (nSPS) is 17.4. The number of ether oxygens (including phenoxy) is 1. The van der Waals surface area contributed by atoms with Gasteiger partial charge in [-0.2, -0.15) is 0 Å². The number of hydrogen-bond acceptors (Lipinski definition) is 6. The summed E-state index contributed by atoms with van der Waals surface area (Å²) in [5, 5.41) is 11.5. The van der Waals surface area contributed by atoms with Crippen molar-refractivity contribution in [3.63, 3.8) is 0 Å². The molecular weight excluding hydrogens is 321 g/mol. The molecule has 1 aliphatic carbocycles. The van der Waals surface area contributed by atoms with Crippen LogP contribution in [0.4, 0.5) is 4.39 Å². The van der Waals surface area contributed by atoms with Crippen molar-refractivity contribution in [2.24, 2.45) is 4.99 Å². The lowest BCUT2D eigenvalue weighted by Crippen LogP contribution is -2.14. The minimum atomic E-state index is -0.725. The van der Waals surface area contributed by atoms with Crippen LogP contribution in [0.1, 0.15) is 29.9 Å². The molecule has 0 saturated heterocycles. The number of carbonyl (C=O) groups is 2. The van der Waals surface area contributed by atoms with Crippen molar-refractivity contribution in [3.8, 4) is 0 Å². The summed E-state index contributed by atoms with van der Waals surface area (Å²) in [6.45, 7) is 2.69. The maximum absolute atomic E-state index is 13.8. The van der Waals surface area contributed by atoms with Gasteiger partial charge in [-0.1, -0.05) is 6.07 Å². The maximum atomic E-state index is 13.8. The van der Waals surface area contributed by atoms with Crippen LogP contribution in [0.2, 0.25) is 0 Å². The number of aliphatic hydroxyl groups excluding tert-OH is 1. The summed E-state index contributed by atoms with van der Waals surface area (Å²) in [6.07, 6.45) is -0.246. The Balaban J connectivity index is 2.16. The van der Waals surface area contributed by atoms with Gasteiger partial charge in [-0.25, -0.2) is 9.38 Å². The van der Waals surface area contributed by atoms with Crippen molar-refractivity contribution in [2.75, 3.05) is 0 Å². The minimum Gasteiger partial charge on any atom is -0.505 e. The van der Waals surface area contributed by atoms with Gasteiger partial charge in [0.15, 0.2) is 17.2 Å². The number of nitrogens with zero attached hydrogens (tertiary/aromatic N) is 1. The molecule has 0 fully saturated rings. The lowest BCUT2D eigenvalue weighted by atomic mass is 9.93. The Bertz CT molecular complexity index is 843. The van der Waals surface area contributed by atoms with Gasteiger partial charge in [0.1, 0.15) is 5.83 Å². The molecule has 2 aliphatic rings. The standard InChI is InChI=1S/C16H12FNO4S/c1-7-12-10(6-9(17)14(7)20)18-13(16(12)22-8(2)19)15(21)11-4-3-5-23-11/h3-5,20H,6H2,1-2H3. The summed E-state index contributed by atoms with van der Waals surface area (Å²) in [7, 11) is 0. The molecule has 1 aliphatic heterocycles. The Morgan fingerprint density at radius 1 is 1.43 bits per heavy atom. The Kier molecular flexibility index (Phi) is 3.73. The number of fused-ring (bicyclic) bond motifs is 1. The molecule has 0 unspecified atom stereocenters. The SMILES string of the molecule is CC(=O)OC1=C(C(=O)c2cccs2)N=C2CC(F)=C(O)C(C)=C21. The van der Waals surface area contributed by atoms with Crippen molar-refractivity contribution in [3.05, 3.63) is 56.6 Å². The monoisotopic (exact) mass is 333 g/mol. The van der Waals surface area contributed by atoms with E-state index in [-0.39, 0.29) is 29.2 Å². The van der Waals surface area contributed by atoms with Gasteiger partial charge in [0.05, 0.1) is 10.6 Å². The van der Waals surface area contributed by atoms with E-state index in [1.165, 1.54) is 25.2 Å². The van der Waals surface area contributed by atoms with Crippen LogP contribution in [0.3, 0.4) is 0 Å². The lowest BCUT2D eigenvalue weighted by molar-refractivity contribution is -0.136. The highest BCUT2D eigenvalue weighted by molar-refractivity contribution is 7.12. The van der Waals surface area contributed by atoms with Gasteiger partial charge in [0, 0.05) is 24.5 Å². The van der Waals surface area contributed by atoms with E-state index >= 15 is 0 Å². The van der Waals surface area contributed by atoms with Gasteiger partial charge < -0.3 is 9.84 Å². The number of aliphatic imine (C=N–C) groups is 1. The van der Waals surface area contributed by atoms with Gasteiger partial charge in [0.25, 0.3) is 0 Å². The molecule has 7 heteroatoms. The van der Waals surface area contributed by atoms with Crippen molar-refractivity contribution >= 4 is 28.8 Å². The molecule has 1 N–H and O–H groups in total. The number of halogens is 1. The quantitative estimate of drug-likeness (QED) is 0.677. The summed E-state index contributed by atoms with van der Waals surface area (Å²) < 4.78 is 18.9. The smallest absolute Gasteiger partial charge is 0.308 e. The molecule has 1 aromatic heterocycles. The highest BCUT2D eigenvalue weighted by atomic mass is 32.1. The van der Waals surface area contributed by atoms with Crippen LogP contribution in [0, 0.1) is 0 Å². The van der Waals surface area contributed by atoms with Gasteiger partial charge in [0.2, 0.25) is 5.78 Å². The second-order valence-electron chi connectivity index (χ2n) is 5.07. The minimum absolute atomic E-state index is 0.0255. The third-order valence-corrected chi connectivity index (χ3v) is 4.36. The Labute approximate surface area is 135 Å². The van der Waals surface area contributed by atoms with Crippen LogP contribution < -0.4 is 0 Å². The zero-order chi connectivity index (χ0) is 16.7. The highest BCUT2D eigenvalue weighted by Crippen LogP contribution is 2.39. The third kappa shape index (κ3) is 2.53. The first kappa shape index (κ1) is 15.4. The van der Waals surface area contributed by atoms with Gasteiger partial charge in [-0.15, -0.1) is 11.3 Å². The second-order valence-corrected chi connectivity index (χ2v) is 6.01. The summed E-state index contributed by atoms with van der Waals surface area (Å²) in [5.74, 6) is -2.28. The number of hydrogen-bond donors (Lipinski definition) is 1. The molecule has 0 spiro atoms. The number of allylic oxidation sites excluding steroid dienone is 4. The van der Waals surface area contributed by atoms with E-state index < -0.39 is 23.3 Å². The van der Waals surface area contributed by atoms with E-state index in [9.17, 15) is 19.1 Å². The number of esters is 1. The molecule has 0 radical (unpaired) electrons. The van der Waals surface area contributed by atoms with Gasteiger partial charge in [-0.3, -0.25) is 9.59 Å². The van der Waals surface area contributed by atoms with Crippen LogP contribution in [0.15, 0.2) is 56.7 Å². The number of ketones is 1. The molecule has 0 aromatic carbocycles. The van der Waals surface area contributed by atoms with E-state index in [4.69, 9.17) is 4.74 Å². The number of aliphatic hydroxyl groups is 1. The molecule has 5 nitrogen and oxygen atoms in total. The average Bonchev–Trinajstić information content (AvgIpc) is 3.12. The predicted octanol–water partition coefficient (Wildman–Crippen LogP) is 3.62. The van der Waals surface area contributed by atoms with Crippen LogP contribution >= 0.6 is 11.3 Å². The molecule has 3 rings (SSSR count). The highest BCUT2D eigenvalue weighted by Gasteiger charge is 2.37. The summed E-state index contributed by atoms with van der Waals surface area (Å²) in [6, 6.07) is 3.35. The van der Waals surface area contributed by atoms with Crippen molar-refractivity contribution < 1.29 is 23.8 Å². The number of Topliss-reactive ketones (excluding diaryl/α,β-unsaturated/α-hetero) is 1. The number of carbonyl (C=O) groups excluding carboxylic acids is 2. The van der Waals surface area contributed by atoms with Crippen LogP contribution in [0.25, 0.3) is 0 Å². The van der Waals surface area contributed by atoms with E-state index in [0.29, 0.717) is 10.5 Å². The molecule has 0 bridgehead atoms. The molecule has 118 valence electrons. The molecule has 0 amide bonds. The maximum Gasteiger partial charge on any atom is 0.308 e. The van der Waals surface area contributed by atoms with Crippen LogP contribution in [-0.4, -0.2) is 22.6 Å². The fraction of sp³-hybridized carbons (Fsp3) is 0.188. The van der Waals surface area contributed by atoms with Crippen LogP contribution in [-0.2, 0) is 9.53 Å². The van der Waals surface area contributed by atoms with E-state index in [0.717, 1.165) is 0 Å². The number of thiophene rings is 1. The topological polar surface area (TPSA) is 76.0 Å². The molecule has 0 atom stereocenters. The zero-order valence-corrected chi connectivity index (χ0v) is 13.2. The Hall–Kier alpha value is -2.54. The summed E-state index contributed by atoms with van der Waals surface area (Å²) in [5.41, 5.74) is 0.722. The number of rotatable bonds is 3. The fourth-order valence-electron chi connectivity index (χ4n) is 2.48.